The molecule has 0 spiro atoms. The third-order valence-corrected chi connectivity index (χ3v) is 0.975. The van der Waals surface area contributed by atoms with Crippen LogP contribution in [0.2, 0.25) is 0 Å². The van der Waals surface area contributed by atoms with Crippen LogP contribution in [-0.2, 0) is 4.18 Å². The first kappa shape index (κ1) is 7.27. The number of hydrogen-bond acceptors (Lipinski definition) is 3. The van der Waals surface area contributed by atoms with Crippen molar-refractivity contribution in [1.82, 2.24) is 0 Å². The second kappa shape index (κ2) is 4.43. The smallest absolute Gasteiger partial charge is 0.122 e. The van der Waals surface area contributed by atoms with Crippen molar-refractivity contribution in [1.29, 1.82) is 0 Å². The minimum absolute atomic E-state index is 0.403. The first-order valence-corrected chi connectivity index (χ1v) is 3.04. The van der Waals surface area contributed by atoms with E-state index in [1.165, 1.54) is 0 Å². The molecular weight excluding hydrogens is 112 g/mol. The Labute approximate surface area is 48.1 Å². The molecular formula is C4H10O2S. The van der Waals surface area contributed by atoms with Crippen molar-refractivity contribution in [3.8, 4) is 0 Å². The van der Waals surface area contributed by atoms with Gasteiger partial charge in [0.1, 0.15) is 5.44 Å². The van der Waals surface area contributed by atoms with E-state index < -0.39 is 5.44 Å². The molecule has 0 aromatic rings. The van der Waals surface area contributed by atoms with Crippen molar-refractivity contribution < 1.29 is 9.29 Å². The second-order valence-electron chi connectivity index (χ2n) is 1.10. The molecule has 1 atom stereocenters. The Morgan fingerprint density at radius 1 is 1.86 bits per heavy atom. The van der Waals surface area contributed by atoms with Gasteiger partial charge in [-0.2, -0.15) is 0 Å². The monoisotopic (exact) mass is 122 g/mol. The molecule has 1 unspecified atom stereocenters. The molecule has 0 aliphatic rings. The SMILES string of the molecule is CCOSC(C)O. The van der Waals surface area contributed by atoms with Crippen LogP contribution in [-0.4, -0.2) is 17.1 Å². The van der Waals surface area contributed by atoms with Crippen molar-refractivity contribution in [3.05, 3.63) is 0 Å². The normalized spacial score (nSPS) is 14.1. The Morgan fingerprint density at radius 2 is 2.43 bits per heavy atom. The van der Waals surface area contributed by atoms with Crippen molar-refractivity contribution in [2.24, 2.45) is 0 Å². The summed E-state index contributed by atoms with van der Waals surface area (Å²) in [5.41, 5.74) is -0.403. The summed E-state index contributed by atoms with van der Waals surface area (Å²) in [6.45, 7) is 4.20. The molecule has 0 aromatic carbocycles. The van der Waals surface area contributed by atoms with Crippen molar-refractivity contribution in [2.45, 2.75) is 19.3 Å². The molecule has 7 heavy (non-hydrogen) atoms. The average molecular weight is 122 g/mol. The largest absolute Gasteiger partial charge is 0.380 e. The Kier molecular flexibility index (Phi) is 4.60. The van der Waals surface area contributed by atoms with Crippen LogP contribution >= 0.6 is 12.0 Å². The van der Waals surface area contributed by atoms with E-state index in [1.54, 1.807) is 6.92 Å². The van der Waals surface area contributed by atoms with Crippen LogP contribution in [0.5, 0.6) is 0 Å². The molecule has 2 nitrogen and oxygen atoms in total. The molecule has 0 aromatic heterocycles. The molecule has 0 fully saturated rings. The quantitative estimate of drug-likeness (QED) is 0.447. The minimum Gasteiger partial charge on any atom is -0.380 e. The lowest BCUT2D eigenvalue weighted by molar-refractivity contribution is 0.265. The summed E-state index contributed by atoms with van der Waals surface area (Å²) in [5, 5.41) is 8.52. The van der Waals surface area contributed by atoms with E-state index in [0.717, 1.165) is 12.0 Å². The fourth-order valence-corrected chi connectivity index (χ4v) is 0.500. The van der Waals surface area contributed by atoms with E-state index in [1.807, 2.05) is 6.92 Å². The molecule has 0 bridgehead atoms. The summed E-state index contributed by atoms with van der Waals surface area (Å²) in [7, 11) is 0. The molecule has 0 heterocycles. The van der Waals surface area contributed by atoms with Gasteiger partial charge in [0.25, 0.3) is 0 Å². The van der Waals surface area contributed by atoms with Gasteiger partial charge in [-0.1, -0.05) is 0 Å². The molecule has 0 amide bonds. The van der Waals surface area contributed by atoms with Gasteiger partial charge < -0.3 is 9.29 Å². The van der Waals surface area contributed by atoms with Crippen molar-refractivity contribution in [3.63, 3.8) is 0 Å². The average Bonchev–Trinajstić information content (AvgIpc) is 1.61. The Bertz CT molecular complexity index is 38.7. The number of rotatable bonds is 3. The van der Waals surface area contributed by atoms with Gasteiger partial charge >= 0.3 is 0 Å². The van der Waals surface area contributed by atoms with Gasteiger partial charge in [-0.15, -0.1) is 0 Å². The highest BCUT2D eigenvalue weighted by molar-refractivity contribution is 7.95. The summed E-state index contributed by atoms with van der Waals surface area (Å²) in [5.74, 6) is 0. The number of aliphatic hydroxyl groups excluding tert-OH is 1. The fourth-order valence-electron chi connectivity index (χ4n) is 0.167. The summed E-state index contributed by atoms with van der Waals surface area (Å²) >= 11 is 1.09. The van der Waals surface area contributed by atoms with Gasteiger partial charge in [0.2, 0.25) is 0 Å². The molecule has 0 saturated carbocycles. The topological polar surface area (TPSA) is 29.5 Å². The maximum atomic E-state index is 8.52. The Balaban J connectivity index is 2.68. The predicted molar refractivity (Wildman–Crippen MR) is 30.9 cm³/mol. The van der Waals surface area contributed by atoms with E-state index >= 15 is 0 Å². The lowest BCUT2D eigenvalue weighted by Crippen LogP contribution is -1.92. The van der Waals surface area contributed by atoms with Crippen LogP contribution in [0.4, 0.5) is 0 Å². The van der Waals surface area contributed by atoms with Gasteiger partial charge in [0.05, 0.1) is 6.61 Å². The van der Waals surface area contributed by atoms with Crippen LogP contribution < -0.4 is 0 Å². The van der Waals surface area contributed by atoms with Crippen LogP contribution in [0, 0.1) is 0 Å². The van der Waals surface area contributed by atoms with Crippen LogP contribution in [0.15, 0.2) is 0 Å². The lowest BCUT2D eigenvalue weighted by atomic mass is 10.9. The fraction of sp³-hybridized carbons (Fsp3) is 1.00. The zero-order valence-electron chi connectivity index (χ0n) is 4.55. The molecule has 3 heteroatoms. The molecule has 1 N–H and O–H groups in total. The first-order chi connectivity index (χ1) is 3.27. The van der Waals surface area contributed by atoms with E-state index in [2.05, 4.69) is 0 Å². The lowest BCUT2D eigenvalue weighted by Gasteiger charge is -1.98. The standard InChI is InChI=1S/C4H10O2S/c1-3-6-7-4(2)5/h4-5H,3H2,1-2H3. The maximum Gasteiger partial charge on any atom is 0.122 e. The molecule has 0 saturated heterocycles. The summed E-state index contributed by atoms with van der Waals surface area (Å²) in [4.78, 5) is 0. The number of aliphatic hydroxyl groups is 1. The van der Waals surface area contributed by atoms with Crippen molar-refractivity contribution >= 4 is 12.0 Å². The van der Waals surface area contributed by atoms with Crippen LogP contribution in [0.1, 0.15) is 13.8 Å². The first-order valence-electron chi connectivity index (χ1n) is 2.23. The van der Waals surface area contributed by atoms with E-state index in [4.69, 9.17) is 9.29 Å². The van der Waals surface area contributed by atoms with Gasteiger partial charge in [0, 0.05) is 12.0 Å². The Hall–Kier alpha value is 0.270. The third-order valence-electron chi connectivity index (χ3n) is 0.325. The molecule has 0 rings (SSSR count). The van der Waals surface area contributed by atoms with Crippen LogP contribution in [0.3, 0.4) is 0 Å². The van der Waals surface area contributed by atoms with Crippen molar-refractivity contribution in [2.75, 3.05) is 6.61 Å². The minimum atomic E-state index is -0.403. The molecule has 0 aliphatic carbocycles. The van der Waals surface area contributed by atoms with Gasteiger partial charge in [-0.25, -0.2) is 0 Å². The zero-order valence-corrected chi connectivity index (χ0v) is 5.36. The predicted octanol–water partition coefficient (Wildman–Crippen LogP) is 1.01. The molecule has 44 valence electrons. The van der Waals surface area contributed by atoms with Crippen LogP contribution in [0.25, 0.3) is 0 Å². The maximum absolute atomic E-state index is 8.52. The Morgan fingerprint density at radius 3 is 2.57 bits per heavy atom. The van der Waals surface area contributed by atoms with E-state index in [9.17, 15) is 0 Å². The summed E-state index contributed by atoms with van der Waals surface area (Å²) in [6.07, 6.45) is 0. The van der Waals surface area contributed by atoms with E-state index in [-0.39, 0.29) is 0 Å². The zero-order chi connectivity index (χ0) is 5.70. The third kappa shape index (κ3) is 6.27. The summed E-state index contributed by atoms with van der Waals surface area (Å²) < 4.78 is 4.76. The molecule has 0 aliphatic heterocycles. The summed E-state index contributed by atoms with van der Waals surface area (Å²) in [6, 6.07) is 0. The number of hydrogen-bond donors (Lipinski definition) is 1. The van der Waals surface area contributed by atoms with Gasteiger partial charge in [-0.3, -0.25) is 0 Å². The highest BCUT2D eigenvalue weighted by Crippen LogP contribution is 2.06. The second-order valence-corrected chi connectivity index (χ2v) is 2.21. The van der Waals surface area contributed by atoms with Gasteiger partial charge in [-0.05, 0) is 13.8 Å². The highest BCUT2D eigenvalue weighted by Gasteiger charge is 1.91. The van der Waals surface area contributed by atoms with E-state index in [0.29, 0.717) is 6.61 Å². The highest BCUT2D eigenvalue weighted by atomic mass is 32.2. The van der Waals surface area contributed by atoms with Gasteiger partial charge in [0.15, 0.2) is 0 Å². The molecule has 0 radical (unpaired) electrons.